The van der Waals surface area contributed by atoms with Crippen LogP contribution in [-0.2, 0) is 11.2 Å². The minimum atomic E-state index is -0.0105. The summed E-state index contributed by atoms with van der Waals surface area (Å²) in [5.41, 5.74) is 9.55. The van der Waals surface area contributed by atoms with E-state index in [1.54, 1.807) is 0 Å². The molecular formula is C22H26N2O2. The molecule has 0 saturated heterocycles. The predicted molar refractivity (Wildman–Crippen MR) is 106 cm³/mol. The number of ether oxygens (including phenoxy) is 1. The summed E-state index contributed by atoms with van der Waals surface area (Å²) in [6, 6.07) is 13.7. The maximum atomic E-state index is 11.1. The lowest BCUT2D eigenvalue weighted by atomic mass is 10.0. The average Bonchev–Trinajstić information content (AvgIpc) is 2.59. The van der Waals surface area contributed by atoms with Crippen LogP contribution >= 0.6 is 0 Å². The number of nitrogens with two attached hydrogens (primary N) is 1. The Morgan fingerprint density at radius 3 is 2.54 bits per heavy atom. The molecule has 1 unspecified atom stereocenters. The quantitative estimate of drug-likeness (QED) is 0.619. The fourth-order valence-corrected chi connectivity index (χ4v) is 2.58. The predicted octanol–water partition coefficient (Wildman–Crippen LogP) is 3.52. The van der Waals surface area contributed by atoms with Gasteiger partial charge in [-0.1, -0.05) is 30.9 Å². The lowest BCUT2D eigenvalue weighted by Crippen LogP contribution is -2.31. The number of rotatable bonds is 6. The van der Waals surface area contributed by atoms with Gasteiger partial charge in [-0.15, -0.1) is 0 Å². The third-order valence-electron chi connectivity index (χ3n) is 3.78. The molecule has 4 heteroatoms. The summed E-state index contributed by atoms with van der Waals surface area (Å²) in [4.78, 5) is 11.1. The van der Waals surface area contributed by atoms with E-state index in [1.807, 2.05) is 49.4 Å². The van der Waals surface area contributed by atoms with Crippen LogP contribution in [0.1, 0.15) is 43.9 Å². The van der Waals surface area contributed by atoms with Crippen molar-refractivity contribution < 1.29 is 9.53 Å². The molecule has 3 N–H and O–H groups in total. The number of nitrogen functional groups attached to an aromatic ring is 1. The second-order valence-corrected chi connectivity index (χ2v) is 6.35. The minimum Gasteiger partial charge on any atom is -0.494 e. The molecule has 0 bridgehead atoms. The first-order chi connectivity index (χ1) is 12.5. The maximum absolute atomic E-state index is 11.1. The Morgan fingerprint density at radius 1 is 1.19 bits per heavy atom. The Morgan fingerprint density at radius 2 is 1.92 bits per heavy atom. The molecule has 2 aromatic carbocycles. The van der Waals surface area contributed by atoms with Crippen molar-refractivity contribution >= 4 is 11.6 Å². The van der Waals surface area contributed by atoms with Crippen molar-refractivity contribution in [3.63, 3.8) is 0 Å². The topological polar surface area (TPSA) is 64.3 Å². The van der Waals surface area contributed by atoms with Gasteiger partial charge in [-0.25, -0.2) is 0 Å². The van der Waals surface area contributed by atoms with E-state index in [0.29, 0.717) is 12.3 Å². The lowest BCUT2D eigenvalue weighted by Gasteiger charge is -2.12. The summed E-state index contributed by atoms with van der Waals surface area (Å²) in [7, 11) is 0. The molecule has 136 valence electrons. The van der Waals surface area contributed by atoms with E-state index in [2.05, 4.69) is 24.1 Å². The number of carbonyl (C=O) groups is 1. The smallest absolute Gasteiger partial charge is 0.217 e. The summed E-state index contributed by atoms with van der Waals surface area (Å²) in [5.74, 6) is 7.01. The van der Waals surface area contributed by atoms with Crippen molar-refractivity contribution in [2.45, 2.75) is 39.7 Å². The molecule has 0 aliphatic heterocycles. The molecule has 0 fully saturated rings. The first-order valence-electron chi connectivity index (χ1n) is 8.88. The average molecular weight is 350 g/mol. The fraction of sp³-hybridized carbons (Fsp3) is 0.318. The highest BCUT2D eigenvalue weighted by Crippen LogP contribution is 2.19. The zero-order valence-electron chi connectivity index (χ0n) is 15.6. The van der Waals surface area contributed by atoms with Crippen LogP contribution < -0.4 is 15.8 Å². The van der Waals surface area contributed by atoms with Gasteiger partial charge in [0.25, 0.3) is 0 Å². The molecule has 0 radical (unpaired) electrons. The molecular weight excluding hydrogens is 324 g/mol. The van der Waals surface area contributed by atoms with Gasteiger partial charge >= 0.3 is 0 Å². The summed E-state index contributed by atoms with van der Waals surface area (Å²) >= 11 is 0. The SMILES string of the molecule is CCCOc1ccc(C#Cc2ccc(CC(C)NC(C)=O)cc2)c(N)c1. The molecule has 4 nitrogen and oxygen atoms in total. The van der Waals surface area contributed by atoms with E-state index >= 15 is 0 Å². The van der Waals surface area contributed by atoms with Crippen molar-refractivity contribution in [2.75, 3.05) is 12.3 Å². The largest absolute Gasteiger partial charge is 0.494 e. The molecule has 2 aromatic rings. The van der Waals surface area contributed by atoms with Crippen molar-refractivity contribution in [2.24, 2.45) is 0 Å². The zero-order chi connectivity index (χ0) is 18.9. The zero-order valence-corrected chi connectivity index (χ0v) is 15.6. The molecule has 0 aliphatic carbocycles. The standard InChI is InChI=1S/C22H26N2O2/c1-4-13-26-21-12-11-20(22(23)15-21)10-9-18-5-7-19(8-6-18)14-16(2)24-17(3)25/h5-8,11-12,15-16H,4,13-14,23H2,1-3H3,(H,24,25). The van der Waals surface area contributed by atoms with Crippen molar-refractivity contribution in [3.8, 4) is 17.6 Å². The highest BCUT2D eigenvalue weighted by molar-refractivity contribution is 5.73. The first kappa shape index (κ1) is 19.4. The van der Waals surface area contributed by atoms with E-state index in [-0.39, 0.29) is 11.9 Å². The highest BCUT2D eigenvalue weighted by Gasteiger charge is 2.04. The second-order valence-electron chi connectivity index (χ2n) is 6.35. The monoisotopic (exact) mass is 350 g/mol. The molecule has 0 spiro atoms. The summed E-state index contributed by atoms with van der Waals surface area (Å²) in [6.45, 7) is 6.27. The van der Waals surface area contributed by atoms with Gasteiger partial charge in [0.05, 0.1) is 12.3 Å². The fourth-order valence-electron chi connectivity index (χ4n) is 2.58. The third kappa shape index (κ3) is 6.18. The van der Waals surface area contributed by atoms with E-state index in [0.717, 1.165) is 35.3 Å². The molecule has 0 saturated carbocycles. The molecule has 26 heavy (non-hydrogen) atoms. The van der Waals surface area contributed by atoms with Crippen LogP contribution in [-0.4, -0.2) is 18.6 Å². The van der Waals surface area contributed by atoms with Crippen molar-refractivity contribution in [3.05, 3.63) is 59.2 Å². The number of benzene rings is 2. The van der Waals surface area contributed by atoms with Gasteiger partial charge in [-0.3, -0.25) is 4.79 Å². The number of carbonyl (C=O) groups excluding carboxylic acids is 1. The van der Waals surface area contributed by atoms with Gasteiger partial charge in [-0.05, 0) is 49.6 Å². The molecule has 0 aromatic heterocycles. The van der Waals surface area contributed by atoms with Crippen LogP contribution in [0.4, 0.5) is 5.69 Å². The van der Waals surface area contributed by atoms with Gasteiger partial charge in [0.1, 0.15) is 5.75 Å². The summed E-state index contributed by atoms with van der Waals surface area (Å²) < 4.78 is 5.57. The van der Waals surface area contributed by atoms with Crippen molar-refractivity contribution in [1.29, 1.82) is 0 Å². The number of hydrogen-bond donors (Lipinski definition) is 2. The van der Waals surface area contributed by atoms with E-state index in [1.165, 1.54) is 6.92 Å². The van der Waals surface area contributed by atoms with Crippen LogP contribution in [0, 0.1) is 11.8 Å². The molecule has 0 aliphatic rings. The van der Waals surface area contributed by atoms with Crippen LogP contribution in [0.3, 0.4) is 0 Å². The molecule has 0 heterocycles. The summed E-state index contributed by atoms with van der Waals surface area (Å²) in [6.07, 6.45) is 1.75. The Balaban J connectivity index is 2.02. The van der Waals surface area contributed by atoms with Crippen LogP contribution in [0.5, 0.6) is 5.75 Å². The molecule has 2 rings (SSSR count). The Kier molecular flexibility index (Phi) is 7.11. The third-order valence-corrected chi connectivity index (χ3v) is 3.78. The normalized spacial score (nSPS) is 11.2. The van der Waals surface area contributed by atoms with Gasteiger partial charge < -0.3 is 15.8 Å². The van der Waals surface area contributed by atoms with Gasteiger partial charge in [0.15, 0.2) is 0 Å². The second kappa shape index (κ2) is 9.53. The number of amides is 1. The Labute approximate surface area is 155 Å². The molecule has 1 atom stereocenters. The number of anilines is 1. The first-order valence-corrected chi connectivity index (χ1v) is 8.88. The maximum Gasteiger partial charge on any atom is 0.217 e. The minimum absolute atomic E-state index is 0.0105. The van der Waals surface area contributed by atoms with Crippen LogP contribution in [0.2, 0.25) is 0 Å². The van der Waals surface area contributed by atoms with Gasteiger partial charge in [-0.2, -0.15) is 0 Å². The van der Waals surface area contributed by atoms with Crippen LogP contribution in [0.15, 0.2) is 42.5 Å². The van der Waals surface area contributed by atoms with E-state index < -0.39 is 0 Å². The van der Waals surface area contributed by atoms with Gasteiger partial charge in [0.2, 0.25) is 5.91 Å². The Hall–Kier alpha value is -2.93. The number of hydrogen-bond acceptors (Lipinski definition) is 3. The summed E-state index contributed by atoms with van der Waals surface area (Å²) in [5, 5.41) is 2.88. The van der Waals surface area contributed by atoms with E-state index in [9.17, 15) is 4.79 Å². The Bertz CT molecular complexity index is 801. The highest BCUT2D eigenvalue weighted by atomic mass is 16.5. The molecule has 1 amide bonds. The van der Waals surface area contributed by atoms with Crippen molar-refractivity contribution in [1.82, 2.24) is 5.32 Å². The van der Waals surface area contributed by atoms with E-state index in [4.69, 9.17) is 10.5 Å². The number of nitrogens with one attached hydrogen (secondary N) is 1. The van der Waals surface area contributed by atoms with Crippen LogP contribution in [0.25, 0.3) is 0 Å². The lowest BCUT2D eigenvalue weighted by molar-refractivity contribution is -0.119. The van der Waals surface area contributed by atoms with Gasteiger partial charge in [0, 0.05) is 30.2 Å².